The molecule has 0 spiro atoms. The van der Waals surface area contributed by atoms with Gasteiger partial charge < -0.3 is 4.52 Å². The maximum atomic E-state index is 13.3. The van der Waals surface area contributed by atoms with E-state index in [1.807, 2.05) is 32.0 Å². The number of carbonyl (C=O) groups excluding carboxylic acids is 1. The summed E-state index contributed by atoms with van der Waals surface area (Å²) in [6.45, 7) is 9.10. The van der Waals surface area contributed by atoms with Gasteiger partial charge in [0.2, 0.25) is 10.0 Å². The topological polar surface area (TPSA) is 65.4 Å². The molecule has 2 unspecified atom stereocenters. The molecule has 5 nitrogen and oxygen atoms in total. The van der Waals surface area contributed by atoms with Crippen LogP contribution in [-0.4, -0.2) is 31.0 Å². The van der Waals surface area contributed by atoms with Crippen LogP contribution in [0.1, 0.15) is 28.5 Å². The fraction of sp³-hybridized carbons (Fsp3) is 0.227. The van der Waals surface area contributed by atoms with E-state index in [0.717, 1.165) is 20.4 Å². The first-order chi connectivity index (χ1) is 14.1. The zero-order valence-corrected chi connectivity index (χ0v) is 19.7. The van der Waals surface area contributed by atoms with Gasteiger partial charge in [-0.15, -0.1) is 6.58 Å². The van der Waals surface area contributed by atoms with Crippen molar-refractivity contribution in [3.05, 3.63) is 70.9 Å². The molecule has 0 saturated heterocycles. The zero-order chi connectivity index (χ0) is 22.2. The molecule has 0 aliphatic heterocycles. The van der Waals surface area contributed by atoms with Gasteiger partial charge in [-0.05, 0) is 51.1 Å². The number of carbonyl (C=O) groups is 1. The van der Waals surface area contributed by atoms with E-state index >= 15 is 0 Å². The number of halogens is 1. The van der Waals surface area contributed by atoms with Gasteiger partial charge in [0.1, 0.15) is 5.69 Å². The second-order valence-corrected chi connectivity index (χ2v) is 11.6. The van der Waals surface area contributed by atoms with Gasteiger partial charge in [0, 0.05) is 28.1 Å². The van der Waals surface area contributed by atoms with Gasteiger partial charge in [0.25, 0.3) is 0 Å². The minimum absolute atomic E-state index is 0.0492. The van der Waals surface area contributed by atoms with E-state index in [4.69, 9.17) is 16.1 Å². The van der Waals surface area contributed by atoms with Crippen LogP contribution >= 0.6 is 19.7 Å². The Bertz CT molecular complexity index is 1230. The molecule has 2 aromatic carbocycles. The Balaban J connectivity index is 2.46. The van der Waals surface area contributed by atoms with Crippen LogP contribution in [0.5, 0.6) is 0 Å². The van der Waals surface area contributed by atoms with E-state index < -0.39 is 23.4 Å². The van der Waals surface area contributed by atoms with Gasteiger partial charge in [0.05, 0.1) is 18.9 Å². The number of fused-ring (bicyclic) bond motifs is 1. The summed E-state index contributed by atoms with van der Waals surface area (Å²) in [5, 5.41) is 1.56. The summed E-state index contributed by atoms with van der Waals surface area (Å²) in [4.78, 5) is 12.3. The van der Waals surface area contributed by atoms with Crippen molar-refractivity contribution in [2.45, 2.75) is 26.0 Å². The third-order valence-corrected chi connectivity index (χ3v) is 9.13. The Morgan fingerprint density at radius 3 is 2.33 bits per heavy atom. The lowest BCUT2D eigenvalue weighted by Crippen LogP contribution is -2.27. The highest BCUT2D eigenvalue weighted by atomic mass is 35.5. The van der Waals surface area contributed by atoms with E-state index in [2.05, 4.69) is 6.58 Å². The van der Waals surface area contributed by atoms with Crippen LogP contribution in [0.3, 0.4) is 0 Å². The zero-order valence-electron chi connectivity index (χ0n) is 17.2. The number of nitrogens with zero attached hydrogens (tertiary/aromatic N) is 1. The summed E-state index contributed by atoms with van der Waals surface area (Å²) in [7, 11) is -3.82. The standard InChI is InChI=1S/C22H23ClNO4PS/c1-6-16(4)30(26,27)24-20-8-7-17(23)12-19(20)22(21(24)13-25)29(28-5)18-10-14(2)9-15(3)11-18/h6-13,16H,1H2,2-5H3. The maximum absolute atomic E-state index is 13.3. The second kappa shape index (κ2) is 8.64. The molecular formula is C22H23ClNO4PS. The van der Waals surface area contributed by atoms with Crippen molar-refractivity contribution < 1.29 is 17.7 Å². The molecule has 0 bridgehead atoms. The van der Waals surface area contributed by atoms with Crippen molar-refractivity contribution in [2.75, 3.05) is 7.11 Å². The predicted molar refractivity (Wildman–Crippen MR) is 125 cm³/mol. The van der Waals surface area contributed by atoms with Gasteiger partial charge in [0.15, 0.2) is 6.29 Å². The molecule has 0 amide bonds. The van der Waals surface area contributed by atoms with Gasteiger partial charge in [-0.3, -0.25) is 4.79 Å². The number of aryl methyl sites for hydroxylation is 2. The van der Waals surface area contributed by atoms with Gasteiger partial charge in [-0.1, -0.05) is 34.9 Å². The molecule has 0 aliphatic carbocycles. The molecule has 1 heterocycles. The first-order valence-corrected chi connectivity index (χ1v) is 12.4. The molecule has 158 valence electrons. The second-order valence-electron chi connectivity index (χ2n) is 7.09. The summed E-state index contributed by atoms with van der Waals surface area (Å²) in [5.74, 6) is 0. The molecule has 3 rings (SSSR count). The minimum atomic E-state index is -3.91. The highest BCUT2D eigenvalue weighted by Crippen LogP contribution is 2.41. The number of hydrogen-bond acceptors (Lipinski definition) is 4. The normalized spacial score (nSPS) is 13.9. The monoisotopic (exact) mass is 463 g/mol. The maximum Gasteiger partial charge on any atom is 0.245 e. The number of aromatic nitrogens is 1. The van der Waals surface area contributed by atoms with E-state index in [0.29, 0.717) is 27.5 Å². The van der Waals surface area contributed by atoms with Crippen LogP contribution in [-0.2, 0) is 14.5 Å². The number of aldehydes is 1. The van der Waals surface area contributed by atoms with E-state index in [9.17, 15) is 13.2 Å². The average molecular weight is 464 g/mol. The Kier molecular flexibility index (Phi) is 6.54. The third-order valence-electron chi connectivity index (χ3n) is 4.89. The summed E-state index contributed by atoms with van der Waals surface area (Å²) >= 11 is 6.25. The number of hydrogen-bond donors (Lipinski definition) is 0. The van der Waals surface area contributed by atoms with Crippen LogP contribution < -0.4 is 10.6 Å². The number of benzene rings is 2. The van der Waals surface area contributed by atoms with E-state index in [1.54, 1.807) is 25.3 Å². The largest absolute Gasteiger partial charge is 0.353 e. The molecule has 0 saturated carbocycles. The molecule has 2 atom stereocenters. The Hall–Kier alpha value is -1.98. The van der Waals surface area contributed by atoms with Crippen molar-refractivity contribution in [1.82, 2.24) is 3.97 Å². The molecule has 30 heavy (non-hydrogen) atoms. The lowest BCUT2D eigenvalue weighted by Gasteiger charge is -2.18. The van der Waals surface area contributed by atoms with Crippen molar-refractivity contribution in [1.29, 1.82) is 0 Å². The number of rotatable bonds is 7. The van der Waals surface area contributed by atoms with Crippen LogP contribution in [0.4, 0.5) is 0 Å². The van der Waals surface area contributed by atoms with Crippen LogP contribution in [0.25, 0.3) is 10.9 Å². The Morgan fingerprint density at radius 2 is 1.80 bits per heavy atom. The van der Waals surface area contributed by atoms with Gasteiger partial charge >= 0.3 is 0 Å². The molecule has 0 fully saturated rings. The molecule has 0 N–H and O–H groups in total. The van der Waals surface area contributed by atoms with E-state index in [1.165, 1.54) is 13.0 Å². The molecule has 1 aromatic heterocycles. The van der Waals surface area contributed by atoms with Crippen molar-refractivity contribution in [2.24, 2.45) is 0 Å². The van der Waals surface area contributed by atoms with Crippen molar-refractivity contribution in [3.8, 4) is 0 Å². The lowest BCUT2D eigenvalue weighted by atomic mass is 10.2. The highest BCUT2D eigenvalue weighted by Gasteiger charge is 2.32. The fourth-order valence-electron chi connectivity index (χ4n) is 3.51. The summed E-state index contributed by atoms with van der Waals surface area (Å²) in [6.07, 6.45) is 1.92. The smallest absolute Gasteiger partial charge is 0.245 e. The predicted octanol–water partition coefficient (Wildman–Crippen LogP) is 4.47. The van der Waals surface area contributed by atoms with Crippen LogP contribution in [0.15, 0.2) is 49.1 Å². The van der Waals surface area contributed by atoms with Crippen LogP contribution in [0.2, 0.25) is 5.02 Å². The highest BCUT2D eigenvalue weighted by molar-refractivity contribution is 7.91. The summed E-state index contributed by atoms with van der Waals surface area (Å²) in [6, 6.07) is 10.9. The molecule has 0 radical (unpaired) electrons. The van der Waals surface area contributed by atoms with Gasteiger partial charge in [-0.25, -0.2) is 12.4 Å². The SMILES string of the molecule is C=CC(C)S(=O)(=O)n1c(C=O)c(P(OC)c2cc(C)cc(C)c2)c2cc(Cl)ccc21. The van der Waals surface area contributed by atoms with Crippen molar-refractivity contribution in [3.63, 3.8) is 0 Å². The summed E-state index contributed by atoms with van der Waals surface area (Å²) in [5.41, 5.74) is 2.54. The quantitative estimate of drug-likeness (QED) is 0.294. The van der Waals surface area contributed by atoms with Gasteiger partial charge in [-0.2, -0.15) is 0 Å². The Labute approximate surface area is 183 Å². The average Bonchev–Trinajstić information content (AvgIpc) is 3.01. The molecule has 0 aliphatic rings. The molecule has 8 heteroatoms. The Morgan fingerprint density at radius 1 is 1.17 bits per heavy atom. The first kappa shape index (κ1) is 22.7. The van der Waals surface area contributed by atoms with Crippen molar-refractivity contribution >= 4 is 57.6 Å². The molecular weight excluding hydrogens is 441 g/mol. The summed E-state index contributed by atoms with van der Waals surface area (Å²) < 4.78 is 33.5. The fourth-order valence-corrected chi connectivity index (χ4v) is 7.22. The first-order valence-electron chi connectivity index (χ1n) is 9.24. The van der Waals surface area contributed by atoms with E-state index in [-0.39, 0.29) is 5.69 Å². The lowest BCUT2D eigenvalue weighted by molar-refractivity contribution is 0.111. The molecule has 3 aromatic rings. The third kappa shape index (κ3) is 3.85. The van der Waals surface area contributed by atoms with Crippen LogP contribution in [0, 0.1) is 13.8 Å². The minimum Gasteiger partial charge on any atom is -0.353 e.